The number of amidine groups is 1. The number of rotatable bonds is 7. The van der Waals surface area contributed by atoms with E-state index in [9.17, 15) is 0 Å². The molecule has 0 saturated heterocycles. The van der Waals surface area contributed by atoms with Crippen LogP contribution in [0.3, 0.4) is 0 Å². The molecule has 0 spiro atoms. The molecule has 1 aromatic heterocycles. The Labute approximate surface area is 146 Å². The van der Waals surface area contributed by atoms with E-state index in [-0.39, 0.29) is 6.04 Å². The van der Waals surface area contributed by atoms with Gasteiger partial charge >= 0.3 is 0 Å². The van der Waals surface area contributed by atoms with Crippen molar-refractivity contribution in [2.75, 3.05) is 7.05 Å². The molecular weight excluding hydrogens is 304 g/mol. The van der Waals surface area contributed by atoms with Crippen LogP contribution in [0.15, 0.2) is 53.9 Å². The molecule has 1 aromatic rings. The maximum Gasteiger partial charge on any atom is 0.160 e. The zero-order valence-electron chi connectivity index (χ0n) is 14.7. The third-order valence-corrected chi connectivity index (χ3v) is 3.10. The van der Waals surface area contributed by atoms with Gasteiger partial charge in [-0.25, -0.2) is 0 Å². The molecule has 0 amide bonds. The summed E-state index contributed by atoms with van der Waals surface area (Å²) in [4.78, 5) is 5.99. The molecule has 0 saturated carbocycles. The normalized spacial score (nSPS) is 12.7. The van der Waals surface area contributed by atoms with Crippen molar-refractivity contribution in [2.24, 2.45) is 5.10 Å². The molecule has 0 aliphatic heterocycles. The molecule has 1 rings (SSSR count). The Bertz CT molecular complexity index is 509. The van der Waals surface area contributed by atoms with Gasteiger partial charge in [-0.05, 0) is 32.4 Å². The van der Waals surface area contributed by atoms with Crippen molar-refractivity contribution in [3.8, 4) is 0 Å². The van der Waals surface area contributed by atoms with Crippen molar-refractivity contribution in [1.82, 2.24) is 15.3 Å². The van der Waals surface area contributed by atoms with Gasteiger partial charge in [0.15, 0.2) is 5.84 Å². The predicted molar refractivity (Wildman–Crippen MR) is 105 cm³/mol. The first-order valence-electron chi connectivity index (χ1n) is 7.90. The molecule has 1 unspecified atom stereocenters. The number of aromatic nitrogens is 1. The second kappa shape index (κ2) is 13.6. The number of hydrogen-bond acceptors (Lipinski definition) is 4. The Morgan fingerprint density at radius 3 is 2.52 bits per heavy atom. The molecule has 1 N–H and O–H groups in total. The van der Waals surface area contributed by atoms with E-state index >= 15 is 0 Å². The molecule has 0 radical (unpaired) electrons. The monoisotopic (exact) mass is 332 g/mol. The molecule has 0 fully saturated rings. The topological polar surface area (TPSA) is 40.5 Å². The fourth-order valence-electron chi connectivity index (χ4n) is 1.80. The maximum atomic E-state index is 5.17. The third kappa shape index (κ3) is 7.70. The largest absolute Gasteiger partial charge is 0.315 e. The first-order chi connectivity index (χ1) is 11.2. The smallest absolute Gasteiger partial charge is 0.160 e. The van der Waals surface area contributed by atoms with Crippen molar-refractivity contribution in [2.45, 2.75) is 40.2 Å². The number of nitrogens with one attached hydrogen (secondary N) is 1. The van der Waals surface area contributed by atoms with Crippen molar-refractivity contribution in [3.63, 3.8) is 0 Å². The number of hydrazone groups is 1. The SMILES string of the molecule is C/C=C\C/C=C\C(C)N(C=S)/C(=N\NC)c1ccncc1.CC. The summed E-state index contributed by atoms with van der Waals surface area (Å²) in [6.07, 6.45) is 12.8. The van der Waals surface area contributed by atoms with Crippen LogP contribution in [-0.2, 0) is 0 Å². The summed E-state index contributed by atoms with van der Waals surface area (Å²) >= 11 is 5.17. The van der Waals surface area contributed by atoms with E-state index in [0.29, 0.717) is 0 Å². The van der Waals surface area contributed by atoms with Gasteiger partial charge < -0.3 is 10.3 Å². The van der Waals surface area contributed by atoms with Gasteiger partial charge in [-0.3, -0.25) is 4.98 Å². The van der Waals surface area contributed by atoms with E-state index in [1.54, 1.807) is 24.9 Å². The van der Waals surface area contributed by atoms with Crippen LogP contribution >= 0.6 is 12.2 Å². The zero-order chi connectivity index (χ0) is 17.5. The van der Waals surface area contributed by atoms with Crippen LogP contribution in [0.2, 0.25) is 0 Å². The van der Waals surface area contributed by atoms with E-state index < -0.39 is 0 Å². The van der Waals surface area contributed by atoms with Gasteiger partial charge in [-0.1, -0.05) is 50.4 Å². The summed E-state index contributed by atoms with van der Waals surface area (Å²) in [5.74, 6) is 0.776. The highest BCUT2D eigenvalue weighted by molar-refractivity contribution is 7.78. The van der Waals surface area contributed by atoms with Crippen LogP contribution < -0.4 is 5.43 Å². The summed E-state index contributed by atoms with van der Waals surface area (Å²) in [5, 5.41) is 4.35. The first kappa shape index (κ1) is 21.0. The fraction of sp³-hybridized carbons (Fsp3) is 0.389. The van der Waals surface area contributed by atoms with E-state index in [2.05, 4.69) is 40.7 Å². The Hall–Kier alpha value is -2.01. The predicted octanol–water partition coefficient (Wildman–Crippen LogP) is 4.16. The minimum Gasteiger partial charge on any atom is -0.315 e. The molecule has 5 heteroatoms. The standard InChI is InChI=1S/C16H22N4S.C2H6/c1-4-5-6-7-8-14(2)20(13-21)16(19-17-3)15-9-11-18-12-10-15;1-2/h4-5,7-14,17H,6H2,1-3H3;1-2H3/b5-4-,8-7-,19-16-;. The van der Waals surface area contributed by atoms with Gasteiger partial charge in [0.2, 0.25) is 0 Å². The second-order valence-electron chi connectivity index (χ2n) is 4.38. The Morgan fingerprint density at radius 1 is 1.35 bits per heavy atom. The highest BCUT2D eigenvalue weighted by Gasteiger charge is 2.16. The molecular formula is C18H28N4S. The van der Waals surface area contributed by atoms with Crippen LogP contribution in [0.25, 0.3) is 0 Å². The summed E-state index contributed by atoms with van der Waals surface area (Å²) in [6, 6.07) is 3.95. The van der Waals surface area contributed by atoms with Gasteiger partial charge in [-0.15, -0.1) is 0 Å². The van der Waals surface area contributed by atoms with Gasteiger partial charge in [-0.2, -0.15) is 5.10 Å². The van der Waals surface area contributed by atoms with Gasteiger partial charge in [0.1, 0.15) is 0 Å². The van der Waals surface area contributed by atoms with Crippen LogP contribution in [0.5, 0.6) is 0 Å². The number of allylic oxidation sites excluding steroid dienone is 3. The third-order valence-electron chi connectivity index (χ3n) is 2.88. The minimum absolute atomic E-state index is 0.119. The number of hydrogen-bond donors (Lipinski definition) is 1. The number of thiocarbonyl (C=S) groups is 1. The van der Waals surface area contributed by atoms with E-state index in [0.717, 1.165) is 17.8 Å². The lowest BCUT2D eigenvalue weighted by molar-refractivity contribution is 0.558. The molecule has 23 heavy (non-hydrogen) atoms. The quantitative estimate of drug-likeness (QED) is 0.268. The van der Waals surface area contributed by atoms with E-state index in [4.69, 9.17) is 12.2 Å². The van der Waals surface area contributed by atoms with Gasteiger partial charge in [0.25, 0.3) is 0 Å². The molecule has 1 atom stereocenters. The minimum atomic E-state index is 0.119. The zero-order valence-corrected chi connectivity index (χ0v) is 15.5. The average molecular weight is 333 g/mol. The number of pyridine rings is 1. The Kier molecular flexibility index (Phi) is 12.4. The summed E-state index contributed by atoms with van der Waals surface area (Å²) in [6.45, 7) is 8.10. The molecule has 0 aromatic carbocycles. The van der Waals surface area contributed by atoms with Crippen molar-refractivity contribution < 1.29 is 0 Å². The lowest BCUT2D eigenvalue weighted by Crippen LogP contribution is -2.37. The summed E-state index contributed by atoms with van der Waals surface area (Å²) in [7, 11) is 1.77. The first-order valence-corrected chi connectivity index (χ1v) is 8.38. The van der Waals surface area contributed by atoms with E-state index in [1.807, 2.05) is 43.9 Å². The van der Waals surface area contributed by atoms with Crippen LogP contribution in [0, 0.1) is 0 Å². The van der Waals surface area contributed by atoms with E-state index in [1.165, 1.54) is 0 Å². The molecule has 0 aliphatic carbocycles. The summed E-state index contributed by atoms with van der Waals surface area (Å²) < 4.78 is 0. The highest BCUT2D eigenvalue weighted by atomic mass is 32.1. The van der Waals surface area contributed by atoms with Crippen molar-refractivity contribution in [3.05, 3.63) is 54.4 Å². The Balaban J connectivity index is 0.00000232. The van der Waals surface area contributed by atoms with Crippen LogP contribution in [0.1, 0.15) is 39.7 Å². The molecule has 1 heterocycles. The maximum absolute atomic E-state index is 5.17. The van der Waals surface area contributed by atoms with Crippen LogP contribution in [0.4, 0.5) is 0 Å². The molecule has 0 bridgehead atoms. The van der Waals surface area contributed by atoms with Gasteiger partial charge in [0, 0.05) is 25.0 Å². The summed E-state index contributed by atoms with van der Waals surface area (Å²) in [5.41, 5.74) is 5.43. The van der Waals surface area contributed by atoms with Gasteiger partial charge in [0.05, 0.1) is 11.5 Å². The fourth-order valence-corrected chi connectivity index (χ4v) is 2.09. The lowest BCUT2D eigenvalue weighted by Gasteiger charge is -2.25. The Morgan fingerprint density at radius 2 is 2.00 bits per heavy atom. The van der Waals surface area contributed by atoms with Crippen molar-refractivity contribution >= 4 is 23.5 Å². The average Bonchev–Trinajstić information content (AvgIpc) is 2.61. The lowest BCUT2D eigenvalue weighted by atomic mass is 10.2. The van der Waals surface area contributed by atoms with Crippen LogP contribution in [-0.4, -0.2) is 34.3 Å². The van der Waals surface area contributed by atoms with Crippen molar-refractivity contribution in [1.29, 1.82) is 0 Å². The molecule has 4 nitrogen and oxygen atoms in total. The number of nitrogens with zero attached hydrogens (tertiary/aromatic N) is 3. The highest BCUT2D eigenvalue weighted by Crippen LogP contribution is 2.09. The molecule has 126 valence electrons. The molecule has 0 aliphatic rings. The second-order valence-corrected chi connectivity index (χ2v) is 4.59.